The largest absolute Gasteiger partial charge is 0.325 e. The minimum Gasteiger partial charge on any atom is -0.325 e. The first-order valence-electron chi connectivity index (χ1n) is 9.21. The fourth-order valence-electron chi connectivity index (χ4n) is 3.17. The molecule has 1 unspecified atom stereocenters. The van der Waals surface area contributed by atoms with Crippen molar-refractivity contribution in [1.29, 1.82) is 0 Å². The first-order chi connectivity index (χ1) is 13.2. The topological polar surface area (TPSA) is 59.1 Å². The molecule has 3 aromatic rings. The Morgan fingerprint density at radius 1 is 1.04 bits per heavy atom. The number of hydrogen-bond acceptors (Lipinski definition) is 4. The minimum atomic E-state index is -0.323. The van der Waals surface area contributed by atoms with Crippen LogP contribution < -0.4 is 5.32 Å². The second-order valence-electron chi connectivity index (χ2n) is 7.14. The van der Waals surface area contributed by atoms with Gasteiger partial charge in [-0.25, -0.2) is 4.98 Å². The Morgan fingerprint density at radius 2 is 1.79 bits per heavy atom. The summed E-state index contributed by atoms with van der Waals surface area (Å²) in [5.41, 5.74) is 5.69. The Kier molecular flexibility index (Phi) is 5.84. The summed E-state index contributed by atoms with van der Waals surface area (Å²) >= 11 is 1.43. The van der Waals surface area contributed by atoms with E-state index in [1.807, 2.05) is 13.0 Å². The molecule has 0 aliphatic rings. The van der Waals surface area contributed by atoms with Gasteiger partial charge in [-0.05, 0) is 70.0 Å². The molecule has 0 saturated heterocycles. The van der Waals surface area contributed by atoms with Gasteiger partial charge in [0.15, 0.2) is 5.78 Å². The van der Waals surface area contributed by atoms with Crippen LogP contribution in [0.5, 0.6) is 0 Å². The summed E-state index contributed by atoms with van der Waals surface area (Å²) in [5, 5.41) is 4.55. The molecule has 0 saturated carbocycles. The average molecular weight is 393 g/mol. The van der Waals surface area contributed by atoms with E-state index >= 15 is 0 Å². The molecule has 0 fully saturated rings. The maximum atomic E-state index is 12.6. The molecular weight excluding hydrogens is 368 g/mol. The van der Waals surface area contributed by atoms with Gasteiger partial charge in [0.1, 0.15) is 0 Å². The van der Waals surface area contributed by atoms with Gasteiger partial charge in [0, 0.05) is 16.6 Å². The molecule has 5 heteroatoms. The molecule has 1 N–H and O–H groups in total. The summed E-state index contributed by atoms with van der Waals surface area (Å²) in [4.78, 5) is 28.9. The van der Waals surface area contributed by atoms with Gasteiger partial charge < -0.3 is 5.32 Å². The van der Waals surface area contributed by atoms with Crippen molar-refractivity contribution in [2.45, 2.75) is 44.9 Å². The van der Waals surface area contributed by atoms with Gasteiger partial charge in [0.25, 0.3) is 0 Å². The molecule has 1 heterocycles. The van der Waals surface area contributed by atoms with Crippen molar-refractivity contribution in [1.82, 2.24) is 4.98 Å². The number of rotatable bonds is 5. The SMILES string of the molecule is CC(=O)c1cccc(NC(=O)C(C)Sc2cc(C)c3cc(C)cc(C)c3n2)c1. The van der Waals surface area contributed by atoms with Crippen molar-refractivity contribution in [2.24, 2.45) is 0 Å². The molecule has 1 amide bonds. The number of pyridine rings is 1. The number of ketones is 1. The Hall–Kier alpha value is -2.66. The fourth-order valence-corrected chi connectivity index (χ4v) is 4.09. The predicted molar refractivity (Wildman–Crippen MR) is 116 cm³/mol. The lowest BCUT2D eigenvalue weighted by molar-refractivity contribution is -0.115. The standard InChI is InChI=1S/C23H24N2O2S/c1-13-9-15(3)22-20(10-13)14(2)11-21(25-22)28-17(5)23(27)24-19-8-6-7-18(12-19)16(4)26/h6-12,17H,1-5H3,(H,24,27). The molecule has 3 rings (SSSR count). The Bertz CT molecular complexity index is 1080. The van der Waals surface area contributed by atoms with Crippen LogP contribution >= 0.6 is 11.8 Å². The van der Waals surface area contributed by atoms with Crippen LogP contribution in [0.3, 0.4) is 0 Å². The lowest BCUT2D eigenvalue weighted by Gasteiger charge is -2.14. The third-order valence-corrected chi connectivity index (χ3v) is 5.65. The highest BCUT2D eigenvalue weighted by Crippen LogP contribution is 2.29. The van der Waals surface area contributed by atoms with Crippen LogP contribution in [0.15, 0.2) is 47.5 Å². The zero-order chi connectivity index (χ0) is 20.4. The van der Waals surface area contributed by atoms with Crippen molar-refractivity contribution in [2.75, 3.05) is 5.32 Å². The number of carbonyl (C=O) groups excluding carboxylic acids is 2. The van der Waals surface area contributed by atoms with Gasteiger partial charge in [-0.1, -0.05) is 35.5 Å². The van der Waals surface area contributed by atoms with Gasteiger partial charge >= 0.3 is 0 Å². The van der Waals surface area contributed by atoms with Crippen molar-refractivity contribution in [3.05, 3.63) is 64.7 Å². The number of anilines is 1. The number of nitrogens with one attached hydrogen (secondary N) is 1. The number of amides is 1. The number of fused-ring (bicyclic) bond motifs is 1. The monoisotopic (exact) mass is 392 g/mol. The number of Topliss-reactive ketones (excluding diaryl/α,β-unsaturated/α-hetero) is 1. The molecule has 1 aromatic heterocycles. The number of nitrogens with zero attached hydrogens (tertiary/aromatic N) is 1. The van der Waals surface area contributed by atoms with E-state index in [1.54, 1.807) is 24.3 Å². The van der Waals surface area contributed by atoms with E-state index in [0.29, 0.717) is 11.3 Å². The van der Waals surface area contributed by atoms with E-state index in [0.717, 1.165) is 27.1 Å². The third kappa shape index (κ3) is 4.42. The van der Waals surface area contributed by atoms with E-state index in [-0.39, 0.29) is 16.9 Å². The molecule has 0 bridgehead atoms. The van der Waals surface area contributed by atoms with Crippen LogP contribution in [0, 0.1) is 20.8 Å². The lowest BCUT2D eigenvalue weighted by Crippen LogP contribution is -2.22. The van der Waals surface area contributed by atoms with Gasteiger partial charge in [0.2, 0.25) is 5.91 Å². The quantitative estimate of drug-likeness (QED) is 0.461. The third-order valence-electron chi connectivity index (χ3n) is 4.64. The smallest absolute Gasteiger partial charge is 0.237 e. The van der Waals surface area contributed by atoms with E-state index in [2.05, 4.69) is 38.2 Å². The molecule has 0 spiro atoms. The van der Waals surface area contributed by atoms with Crippen molar-refractivity contribution >= 4 is 40.0 Å². The van der Waals surface area contributed by atoms with Gasteiger partial charge in [-0.15, -0.1) is 0 Å². The number of aromatic nitrogens is 1. The van der Waals surface area contributed by atoms with Crippen LogP contribution in [-0.2, 0) is 4.79 Å². The van der Waals surface area contributed by atoms with E-state index in [1.165, 1.54) is 24.2 Å². The fraction of sp³-hybridized carbons (Fsp3) is 0.261. The first kappa shape index (κ1) is 20.1. The molecule has 28 heavy (non-hydrogen) atoms. The second-order valence-corrected chi connectivity index (χ2v) is 8.50. The maximum absolute atomic E-state index is 12.6. The van der Waals surface area contributed by atoms with Crippen LogP contribution in [0.25, 0.3) is 10.9 Å². The molecule has 0 aliphatic carbocycles. The zero-order valence-electron chi connectivity index (χ0n) is 16.8. The highest BCUT2D eigenvalue weighted by Gasteiger charge is 2.17. The summed E-state index contributed by atoms with van der Waals surface area (Å²) < 4.78 is 0. The average Bonchev–Trinajstić information content (AvgIpc) is 2.63. The molecule has 0 aliphatic heterocycles. The summed E-state index contributed by atoms with van der Waals surface area (Å²) in [6, 6.07) is 13.3. The highest BCUT2D eigenvalue weighted by molar-refractivity contribution is 8.00. The Morgan fingerprint density at radius 3 is 2.50 bits per heavy atom. The molecule has 1 atom stereocenters. The molecular formula is C23H24N2O2S. The molecule has 4 nitrogen and oxygen atoms in total. The summed E-state index contributed by atoms with van der Waals surface area (Å²) in [7, 11) is 0. The number of aryl methyl sites for hydroxylation is 3. The van der Waals surface area contributed by atoms with Crippen LogP contribution in [0.4, 0.5) is 5.69 Å². The molecule has 2 aromatic carbocycles. The van der Waals surface area contributed by atoms with Gasteiger partial charge in [-0.3, -0.25) is 9.59 Å². The predicted octanol–water partition coefficient (Wildman–Crippen LogP) is 5.48. The zero-order valence-corrected chi connectivity index (χ0v) is 17.6. The van der Waals surface area contributed by atoms with Crippen molar-refractivity contribution in [3.63, 3.8) is 0 Å². The number of hydrogen-bond donors (Lipinski definition) is 1. The van der Waals surface area contributed by atoms with Crippen LogP contribution in [0.2, 0.25) is 0 Å². The van der Waals surface area contributed by atoms with Gasteiger partial charge in [-0.2, -0.15) is 0 Å². The highest BCUT2D eigenvalue weighted by atomic mass is 32.2. The maximum Gasteiger partial charge on any atom is 0.237 e. The van der Waals surface area contributed by atoms with Crippen molar-refractivity contribution < 1.29 is 9.59 Å². The summed E-state index contributed by atoms with van der Waals surface area (Å²) in [6.07, 6.45) is 0. The van der Waals surface area contributed by atoms with E-state index in [4.69, 9.17) is 4.98 Å². The Balaban J connectivity index is 1.79. The minimum absolute atomic E-state index is 0.0278. The normalized spacial score (nSPS) is 12.0. The Labute approximate surface area is 169 Å². The molecule has 0 radical (unpaired) electrons. The molecule has 144 valence electrons. The van der Waals surface area contributed by atoms with E-state index < -0.39 is 0 Å². The second kappa shape index (κ2) is 8.15. The van der Waals surface area contributed by atoms with Crippen LogP contribution in [-0.4, -0.2) is 21.9 Å². The number of benzene rings is 2. The number of carbonyl (C=O) groups is 2. The number of thioether (sulfide) groups is 1. The summed E-state index contributed by atoms with van der Waals surface area (Å²) in [6.45, 7) is 9.59. The summed E-state index contributed by atoms with van der Waals surface area (Å²) in [5.74, 6) is -0.147. The van der Waals surface area contributed by atoms with Gasteiger partial charge in [0.05, 0.1) is 15.8 Å². The first-order valence-corrected chi connectivity index (χ1v) is 10.1. The van der Waals surface area contributed by atoms with E-state index in [9.17, 15) is 9.59 Å². The lowest BCUT2D eigenvalue weighted by atomic mass is 10.0. The van der Waals surface area contributed by atoms with Crippen molar-refractivity contribution in [3.8, 4) is 0 Å². The van der Waals surface area contributed by atoms with Crippen LogP contribution in [0.1, 0.15) is 40.9 Å².